The van der Waals surface area contributed by atoms with Crippen LogP contribution in [0.4, 0.5) is 8.78 Å². The van der Waals surface area contributed by atoms with E-state index in [0.29, 0.717) is 5.56 Å². The van der Waals surface area contributed by atoms with Crippen molar-refractivity contribution < 1.29 is 8.78 Å². The lowest BCUT2D eigenvalue weighted by Gasteiger charge is -2.14. The Bertz CT molecular complexity index is 579. The van der Waals surface area contributed by atoms with Crippen LogP contribution in [-0.2, 0) is 0 Å². The first kappa shape index (κ1) is 14.0. The maximum absolute atomic E-state index is 13.6. The lowest BCUT2D eigenvalue weighted by molar-refractivity contribution is 0.610. The number of halogens is 2. The molecule has 2 N–H and O–H groups in total. The summed E-state index contributed by atoms with van der Waals surface area (Å²) in [5.41, 5.74) is 7.21. The first-order valence-corrected chi connectivity index (χ1v) is 6.78. The molecule has 2 aromatic carbocycles. The normalized spacial score (nSPS) is 12.5. The van der Waals surface area contributed by atoms with Crippen LogP contribution in [0.15, 0.2) is 46.2 Å². The van der Waals surface area contributed by atoms with Crippen LogP contribution in [0.3, 0.4) is 0 Å². The number of hydrogen-bond donors (Lipinski definition) is 1. The number of rotatable bonds is 3. The van der Waals surface area contributed by atoms with E-state index in [0.717, 1.165) is 15.4 Å². The third-order valence-electron chi connectivity index (χ3n) is 2.82. The van der Waals surface area contributed by atoms with E-state index >= 15 is 0 Å². The number of hydrogen-bond acceptors (Lipinski definition) is 2. The van der Waals surface area contributed by atoms with Gasteiger partial charge >= 0.3 is 0 Å². The molecule has 0 heterocycles. The van der Waals surface area contributed by atoms with Crippen LogP contribution in [0.2, 0.25) is 0 Å². The average Bonchev–Trinajstić information content (AvgIpc) is 2.36. The van der Waals surface area contributed by atoms with Gasteiger partial charge in [0.15, 0.2) is 0 Å². The highest BCUT2D eigenvalue weighted by molar-refractivity contribution is 7.99. The molecule has 0 bridgehead atoms. The van der Waals surface area contributed by atoms with Crippen LogP contribution in [0, 0.1) is 18.6 Å². The smallest absolute Gasteiger partial charge is 0.126 e. The molecule has 0 saturated heterocycles. The Balaban J connectivity index is 2.38. The Labute approximate surface area is 115 Å². The van der Waals surface area contributed by atoms with E-state index in [1.165, 1.54) is 30.0 Å². The highest BCUT2D eigenvalue weighted by atomic mass is 32.2. The van der Waals surface area contributed by atoms with Gasteiger partial charge < -0.3 is 5.73 Å². The van der Waals surface area contributed by atoms with Gasteiger partial charge in [-0.15, -0.1) is 0 Å². The van der Waals surface area contributed by atoms with Crippen molar-refractivity contribution in [2.75, 3.05) is 0 Å². The first-order chi connectivity index (χ1) is 8.97. The third-order valence-corrected chi connectivity index (χ3v) is 3.90. The van der Waals surface area contributed by atoms with Crippen molar-refractivity contribution in [2.24, 2.45) is 5.73 Å². The van der Waals surface area contributed by atoms with E-state index in [1.807, 2.05) is 6.92 Å². The molecule has 0 amide bonds. The molecule has 0 aliphatic rings. The largest absolute Gasteiger partial charge is 0.324 e. The van der Waals surface area contributed by atoms with E-state index in [2.05, 4.69) is 0 Å². The van der Waals surface area contributed by atoms with Gasteiger partial charge in [-0.2, -0.15) is 0 Å². The average molecular weight is 279 g/mol. The van der Waals surface area contributed by atoms with E-state index in [1.54, 1.807) is 25.1 Å². The molecule has 2 rings (SSSR count). The third kappa shape index (κ3) is 3.33. The molecule has 0 spiro atoms. The van der Waals surface area contributed by atoms with Gasteiger partial charge in [0.05, 0.1) is 0 Å². The molecule has 0 aliphatic carbocycles. The number of aryl methyl sites for hydroxylation is 1. The number of nitrogens with two attached hydrogens (primary N) is 1. The summed E-state index contributed by atoms with van der Waals surface area (Å²) < 4.78 is 26.5. The fraction of sp³-hybridized carbons (Fsp3) is 0.200. The predicted molar refractivity (Wildman–Crippen MR) is 74.3 cm³/mol. The molecule has 0 fully saturated rings. The summed E-state index contributed by atoms with van der Waals surface area (Å²) in [6, 6.07) is 9.22. The van der Waals surface area contributed by atoms with Crippen molar-refractivity contribution in [3.63, 3.8) is 0 Å². The Morgan fingerprint density at radius 2 is 1.74 bits per heavy atom. The minimum atomic E-state index is -0.271. The Hall–Kier alpha value is -1.39. The van der Waals surface area contributed by atoms with Crippen molar-refractivity contribution in [1.29, 1.82) is 0 Å². The van der Waals surface area contributed by atoms with Crippen LogP contribution < -0.4 is 5.73 Å². The van der Waals surface area contributed by atoms with E-state index in [4.69, 9.17) is 5.73 Å². The fourth-order valence-electron chi connectivity index (χ4n) is 1.74. The molecule has 0 aliphatic heterocycles. The zero-order valence-electron chi connectivity index (χ0n) is 10.8. The Kier molecular flexibility index (Phi) is 4.22. The minimum absolute atomic E-state index is 0.252. The molecule has 4 heteroatoms. The standard InChI is InChI=1S/C15H15F2NS/c1-9-7-15(13(10(2)18)8-14(9)17)19-12-5-3-11(16)4-6-12/h3-8,10H,18H2,1-2H3. The summed E-state index contributed by atoms with van der Waals surface area (Å²) in [6.07, 6.45) is 0. The van der Waals surface area contributed by atoms with Gasteiger partial charge in [-0.25, -0.2) is 8.78 Å². The molecular formula is C15H15F2NS. The molecule has 100 valence electrons. The zero-order valence-corrected chi connectivity index (χ0v) is 11.6. The van der Waals surface area contributed by atoms with Gasteiger partial charge in [0.2, 0.25) is 0 Å². The van der Waals surface area contributed by atoms with Crippen LogP contribution in [-0.4, -0.2) is 0 Å². The summed E-state index contributed by atoms with van der Waals surface area (Å²) in [5, 5.41) is 0. The predicted octanol–water partition coefficient (Wildman–Crippen LogP) is 4.44. The summed E-state index contributed by atoms with van der Waals surface area (Å²) in [5.74, 6) is -0.525. The molecule has 1 nitrogen and oxygen atoms in total. The summed E-state index contributed by atoms with van der Waals surface area (Å²) in [6.45, 7) is 3.54. The van der Waals surface area contributed by atoms with E-state index < -0.39 is 0 Å². The molecular weight excluding hydrogens is 264 g/mol. The highest BCUT2D eigenvalue weighted by Crippen LogP contribution is 2.34. The molecule has 0 aromatic heterocycles. The lowest BCUT2D eigenvalue weighted by Crippen LogP contribution is -2.07. The molecule has 0 radical (unpaired) electrons. The van der Waals surface area contributed by atoms with Gasteiger partial charge in [0.1, 0.15) is 11.6 Å². The summed E-state index contributed by atoms with van der Waals surface area (Å²) in [7, 11) is 0. The maximum Gasteiger partial charge on any atom is 0.126 e. The second-order valence-corrected chi connectivity index (χ2v) is 5.60. The lowest BCUT2D eigenvalue weighted by atomic mass is 10.1. The molecule has 19 heavy (non-hydrogen) atoms. The van der Waals surface area contributed by atoms with Crippen molar-refractivity contribution in [3.05, 3.63) is 59.2 Å². The molecule has 0 saturated carbocycles. The maximum atomic E-state index is 13.6. The second kappa shape index (κ2) is 5.72. The van der Waals surface area contributed by atoms with Crippen molar-refractivity contribution in [3.8, 4) is 0 Å². The molecule has 1 atom stereocenters. The van der Waals surface area contributed by atoms with E-state index in [9.17, 15) is 8.78 Å². The molecule has 2 aromatic rings. The first-order valence-electron chi connectivity index (χ1n) is 5.96. The van der Waals surface area contributed by atoms with Crippen LogP contribution in [0.1, 0.15) is 24.1 Å². The Morgan fingerprint density at radius 1 is 1.11 bits per heavy atom. The number of benzene rings is 2. The summed E-state index contributed by atoms with van der Waals surface area (Å²) in [4.78, 5) is 1.80. The van der Waals surface area contributed by atoms with E-state index in [-0.39, 0.29) is 17.7 Å². The fourth-order valence-corrected chi connectivity index (χ4v) is 2.87. The zero-order chi connectivity index (χ0) is 14.0. The van der Waals surface area contributed by atoms with Gasteiger partial charge in [0.25, 0.3) is 0 Å². The highest BCUT2D eigenvalue weighted by Gasteiger charge is 2.12. The summed E-state index contributed by atoms with van der Waals surface area (Å²) >= 11 is 1.46. The van der Waals surface area contributed by atoms with Crippen molar-refractivity contribution in [2.45, 2.75) is 29.7 Å². The topological polar surface area (TPSA) is 26.0 Å². The van der Waals surface area contributed by atoms with Gasteiger partial charge in [-0.3, -0.25) is 0 Å². The van der Waals surface area contributed by atoms with Crippen molar-refractivity contribution in [1.82, 2.24) is 0 Å². The SMILES string of the molecule is Cc1cc(Sc2ccc(F)cc2)c(C(C)N)cc1F. The van der Waals surface area contributed by atoms with Gasteiger partial charge in [-0.1, -0.05) is 11.8 Å². The van der Waals surface area contributed by atoms with Crippen molar-refractivity contribution >= 4 is 11.8 Å². The molecule has 1 unspecified atom stereocenters. The van der Waals surface area contributed by atoms with Crippen LogP contribution >= 0.6 is 11.8 Å². The second-order valence-electron chi connectivity index (χ2n) is 4.48. The quantitative estimate of drug-likeness (QED) is 0.898. The van der Waals surface area contributed by atoms with Gasteiger partial charge in [0, 0.05) is 15.8 Å². The van der Waals surface area contributed by atoms with Gasteiger partial charge in [-0.05, 0) is 61.4 Å². The monoisotopic (exact) mass is 279 g/mol. The van der Waals surface area contributed by atoms with Crippen LogP contribution in [0.5, 0.6) is 0 Å². The Morgan fingerprint density at radius 3 is 2.32 bits per heavy atom. The van der Waals surface area contributed by atoms with Crippen LogP contribution in [0.25, 0.3) is 0 Å². The minimum Gasteiger partial charge on any atom is -0.324 e.